The summed E-state index contributed by atoms with van der Waals surface area (Å²) in [6, 6.07) is 21.4. The van der Waals surface area contributed by atoms with Crippen LogP contribution in [-0.2, 0) is 5.75 Å². The third-order valence-corrected chi connectivity index (χ3v) is 8.51. The van der Waals surface area contributed by atoms with Crippen LogP contribution in [0.5, 0.6) is 0 Å². The van der Waals surface area contributed by atoms with E-state index in [1.54, 1.807) is 30.0 Å². The van der Waals surface area contributed by atoms with E-state index in [4.69, 9.17) is 51.4 Å². The number of nitrogens with one attached hydrogen (secondary N) is 1. The minimum absolute atomic E-state index is 0.427. The Morgan fingerprint density at radius 3 is 2.27 bits per heavy atom. The van der Waals surface area contributed by atoms with Crippen LogP contribution in [0.3, 0.4) is 0 Å². The van der Waals surface area contributed by atoms with E-state index in [1.807, 2.05) is 49.4 Å². The summed E-state index contributed by atoms with van der Waals surface area (Å²) in [5.74, 6) is 1.95. The summed E-state index contributed by atoms with van der Waals surface area (Å²) in [6.45, 7) is 2.03. The lowest BCUT2D eigenvalue weighted by atomic mass is 9.92. The lowest BCUT2D eigenvalue weighted by molar-refractivity contribution is 1.17. The maximum atomic E-state index is 10.3. The second kappa shape index (κ2) is 11.0. The number of hydrogen-bond acceptors (Lipinski definition) is 4. The molecule has 0 aliphatic carbocycles. The van der Waals surface area contributed by atoms with E-state index >= 15 is 0 Å². The molecule has 0 bridgehead atoms. The topological polar surface area (TPSA) is 48.7 Å². The van der Waals surface area contributed by atoms with Gasteiger partial charge in [-0.25, -0.2) is 4.98 Å². The number of anilines is 2. The molecular weight excluding hydrogens is 564 g/mol. The molecule has 0 amide bonds. The van der Waals surface area contributed by atoms with Gasteiger partial charge in [0.25, 0.3) is 0 Å². The van der Waals surface area contributed by atoms with E-state index in [2.05, 4.69) is 17.5 Å². The number of halogens is 4. The van der Waals surface area contributed by atoms with Gasteiger partial charge in [0.15, 0.2) is 0 Å². The van der Waals surface area contributed by atoms with E-state index in [0.29, 0.717) is 37.2 Å². The summed E-state index contributed by atoms with van der Waals surface area (Å²) < 4.78 is 0. The molecule has 0 radical (unpaired) electrons. The molecule has 0 spiro atoms. The second-order valence-corrected chi connectivity index (χ2v) is 11.2. The van der Waals surface area contributed by atoms with Gasteiger partial charge in [0.05, 0.1) is 25.8 Å². The Hall–Kier alpha value is -2.65. The fourth-order valence-corrected chi connectivity index (χ4v) is 5.85. The van der Waals surface area contributed by atoms with Crippen LogP contribution in [0.2, 0.25) is 20.1 Å². The van der Waals surface area contributed by atoms with Crippen LogP contribution in [0.25, 0.3) is 22.8 Å². The molecule has 1 aliphatic heterocycles. The van der Waals surface area contributed by atoms with Crippen molar-refractivity contribution in [2.45, 2.75) is 12.7 Å². The van der Waals surface area contributed by atoms with Crippen molar-refractivity contribution < 1.29 is 0 Å². The first-order valence-electron chi connectivity index (χ1n) is 11.3. The molecule has 2 heterocycles. The average Bonchev–Trinajstić information content (AvgIpc) is 2.89. The van der Waals surface area contributed by atoms with Gasteiger partial charge in [0, 0.05) is 22.8 Å². The first-order chi connectivity index (χ1) is 17.8. The molecule has 3 aromatic carbocycles. The third kappa shape index (κ3) is 5.48. The van der Waals surface area contributed by atoms with Gasteiger partial charge in [-0.1, -0.05) is 76.2 Å². The van der Waals surface area contributed by atoms with Crippen molar-refractivity contribution in [3.63, 3.8) is 0 Å². The SMILES string of the molecule is Cc1ccc(Nc2nc3c(c(-c4ccc(Cl)c(Cl)c4)c2C#N)CSC/C3=C\c2ccc(Cl)c(Cl)c2)cc1. The summed E-state index contributed by atoms with van der Waals surface area (Å²) in [5, 5.41) is 15.6. The Bertz CT molecular complexity index is 1590. The highest BCUT2D eigenvalue weighted by atomic mass is 35.5. The van der Waals surface area contributed by atoms with E-state index in [0.717, 1.165) is 50.5 Å². The molecule has 5 rings (SSSR count). The van der Waals surface area contributed by atoms with Crippen LogP contribution in [0.4, 0.5) is 11.5 Å². The average molecular weight is 583 g/mol. The third-order valence-electron chi connectivity index (χ3n) is 6.03. The summed E-state index contributed by atoms with van der Waals surface area (Å²) in [7, 11) is 0. The Balaban J connectivity index is 1.75. The fourth-order valence-electron chi connectivity index (χ4n) is 4.22. The maximum Gasteiger partial charge on any atom is 0.149 e. The van der Waals surface area contributed by atoms with Gasteiger partial charge < -0.3 is 5.32 Å². The Kier molecular flexibility index (Phi) is 7.72. The van der Waals surface area contributed by atoms with Gasteiger partial charge >= 0.3 is 0 Å². The fraction of sp³-hybridized carbons (Fsp3) is 0.103. The van der Waals surface area contributed by atoms with Crippen molar-refractivity contribution in [1.82, 2.24) is 4.98 Å². The number of benzene rings is 3. The van der Waals surface area contributed by atoms with Gasteiger partial charge in [-0.05, 0) is 71.7 Å². The normalized spacial score (nSPS) is 13.8. The van der Waals surface area contributed by atoms with E-state index in [-0.39, 0.29) is 0 Å². The number of nitrogens with zero attached hydrogens (tertiary/aromatic N) is 2. The molecule has 0 saturated heterocycles. The molecule has 0 saturated carbocycles. The number of fused-ring (bicyclic) bond motifs is 1. The molecule has 4 aromatic rings. The Morgan fingerprint density at radius 1 is 0.892 bits per heavy atom. The van der Waals surface area contributed by atoms with Crippen molar-refractivity contribution in [3.8, 4) is 17.2 Å². The molecule has 1 aromatic heterocycles. The molecule has 0 unspecified atom stereocenters. The van der Waals surface area contributed by atoms with Crippen molar-refractivity contribution in [1.29, 1.82) is 5.26 Å². The molecule has 184 valence electrons. The molecule has 37 heavy (non-hydrogen) atoms. The first kappa shape index (κ1) is 26.0. The molecular formula is C29H19Cl4N3S. The Morgan fingerprint density at radius 2 is 1.59 bits per heavy atom. The number of pyridine rings is 1. The smallest absolute Gasteiger partial charge is 0.149 e. The minimum Gasteiger partial charge on any atom is -0.339 e. The highest BCUT2D eigenvalue weighted by molar-refractivity contribution is 7.99. The summed E-state index contributed by atoms with van der Waals surface area (Å²) >= 11 is 26.8. The highest BCUT2D eigenvalue weighted by Crippen LogP contribution is 2.43. The highest BCUT2D eigenvalue weighted by Gasteiger charge is 2.26. The molecule has 1 N–H and O–H groups in total. The second-order valence-electron chi connectivity index (χ2n) is 8.61. The zero-order valence-corrected chi connectivity index (χ0v) is 23.4. The number of hydrogen-bond donors (Lipinski definition) is 1. The predicted octanol–water partition coefficient (Wildman–Crippen LogP) is 10.1. The zero-order chi connectivity index (χ0) is 26.1. The molecule has 3 nitrogen and oxygen atoms in total. The quantitative estimate of drug-likeness (QED) is 0.260. The molecule has 1 aliphatic rings. The standard InChI is InChI=1S/C29H19Cl4N3S/c1-16-2-6-20(7-3-16)35-29-21(13-34)27(18-5-9-24(31)26(33)12-18)22-15-37-14-19(28(22)36-29)10-17-4-8-23(30)25(32)11-17/h2-12H,14-15H2,1H3,(H,35,36)/b19-10+. The lowest BCUT2D eigenvalue weighted by Gasteiger charge is -2.24. The van der Waals surface area contributed by atoms with Gasteiger partial charge in [-0.2, -0.15) is 17.0 Å². The number of aryl methyl sites for hydroxylation is 1. The van der Waals surface area contributed by atoms with Crippen molar-refractivity contribution in [2.75, 3.05) is 11.1 Å². The van der Waals surface area contributed by atoms with E-state index in [1.165, 1.54) is 0 Å². The van der Waals surface area contributed by atoms with Crippen LogP contribution in [0.15, 0.2) is 60.7 Å². The zero-order valence-electron chi connectivity index (χ0n) is 19.6. The van der Waals surface area contributed by atoms with Gasteiger partial charge in [-0.3, -0.25) is 0 Å². The number of nitriles is 1. The monoisotopic (exact) mass is 581 g/mol. The Labute approximate surface area is 240 Å². The number of thioether (sulfide) groups is 1. The minimum atomic E-state index is 0.427. The number of aromatic nitrogens is 1. The van der Waals surface area contributed by atoms with Crippen LogP contribution in [-0.4, -0.2) is 10.7 Å². The summed E-state index contributed by atoms with van der Waals surface area (Å²) in [4.78, 5) is 5.01. The van der Waals surface area contributed by atoms with Gasteiger partial charge in [-0.15, -0.1) is 0 Å². The molecule has 0 fully saturated rings. The molecule has 0 atom stereocenters. The molecule has 8 heteroatoms. The summed E-state index contributed by atoms with van der Waals surface area (Å²) in [6.07, 6.45) is 2.07. The van der Waals surface area contributed by atoms with Crippen molar-refractivity contribution in [3.05, 3.63) is 109 Å². The maximum absolute atomic E-state index is 10.3. The van der Waals surface area contributed by atoms with Crippen molar-refractivity contribution in [2.24, 2.45) is 0 Å². The van der Waals surface area contributed by atoms with Gasteiger partial charge in [0.2, 0.25) is 0 Å². The van der Waals surface area contributed by atoms with Crippen LogP contribution < -0.4 is 5.32 Å². The van der Waals surface area contributed by atoms with Gasteiger partial charge in [0.1, 0.15) is 17.5 Å². The van der Waals surface area contributed by atoms with E-state index < -0.39 is 0 Å². The first-order valence-corrected chi connectivity index (χ1v) is 14.0. The summed E-state index contributed by atoms with van der Waals surface area (Å²) in [5.41, 5.74) is 7.82. The van der Waals surface area contributed by atoms with Crippen LogP contribution in [0.1, 0.15) is 27.9 Å². The number of rotatable bonds is 4. The largest absolute Gasteiger partial charge is 0.339 e. The van der Waals surface area contributed by atoms with E-state index in [9.17, 15) is 5.26 Å². The van der Waals surface area contributed by atoms with Crippen LogP contribution in [0, 0.1) is 18.3 Å². The van der Waals surface area contributed by atoms with Crippen LogP contribution >= 0.6 is 58.2 Å². The lowest BCUT2D eigenvalue weighted by Crippen LogP contribution is -2.11. The van der Waals surface area contributed by atoms with Crippen molar-refractivity contribution >= 4 is 81.3 Å². The predicted molar refractivity (Wildman–Crippen MR) is 159 cm³/mol.